The average molecular weight is 285 g/mol. The minimum absolute atomic E-state index is 0.102. The summed E-state index contributed by atoms with van der Waals surface area (Å²) in [4.78, 5) is 10.8. The third-order valence-corrected chi connectivity index (χ3v) is 3.25. The summed E-state index contributed by atoms with van der Waals surface area (Å²) >= 11 is 0. The number of carboxylic acid groups (broad SMARTS) is 1. The normalized spacial score (nSPS) is 12.0. The van der Waals surface area contributed by atoms with Gasteiger partial charge in [0.1, 0.15) is 12.4 Å². The minimum atomic E-state index is -0.930. The highest BCUT2D eigenvalue weighted by Crippen LogP contribution is 2.26. The number of hydrogen-bond acceptors (Lipinski definition) is 3. The van der Waals surface area contributed by atoms with E-state index in [4.69, 9.17) is 15.6 Å². The number of hydrogen-bond donors (Lipinski definition) is 2. The molecule has 0 saturated carbocycles. The summed E-state index contributed by atoms with van der Waals surface area (Å²) in [5.74, 6) is -0.160. The predicted octanol–water partition coefficient (Wildman–Crippen LogP) is 3.29. The largest absolute Gasteiger partial charge is 0.489 e. The molecule has 0 amide bonds. The van der Waals surface area contributed by atoms with Crippen molar-refractivity contribution in [2.45, 2.75) is 26.5 Å². The van der Waals surface area contributed by atoms with Gasteiger partial charge in [-0.1, -0.05) is 24.3 Å². The number of benzene rings is 2. The highest BCUT2D eigenvalue weighted by Gasteiger charge is 2.09. The molecule has 3 N–H and O–H groups in total. The lowest BCUT2D eigenvalue weighted by molar-refractivity contribution is 0.0697. The fraction of sp³-hybridized carbons (Fsp3) is 0.235. The van der Waals surface area contributed by atoms with Gasteiger partial charge in [-0.15, -0.1) is 0 Å². The monoisotopic (exact) mass is 285 g/mol. The molecule has 4 nitrogen and oxygen atoms in total. The van der Waals surface area contributed by atoms with Crippen molar-refractivity contribution >= 4 is 5.97 Å². The lowest BCUT2D eigenvalue weighted by Crippen LogP contribution is -2.08. The predicted molar refractivity (Wildman–Crippen MR) is 81.5 cm³/mol. The zero-order valence-electron chi connectivity index (χ0n) is 12.2. The van der Waals surface area contributed by atoms with Crippen LogP contribution in [0.2, 0.25) is 0 Å². The Morgan fingerprint density at radius 2 is 1.90 bits per heavy atom. The van der Waals surface area contributed by atoms with Gasteiger partial charge in [0.05, 0.1) is 5.56 Å². The summed E-state index contributed by atoms with van der Waals surface area (Å²) in [6.07, 6.45) is 0. The second-order valence-corrected chi connectivity index (χ2v) is 5.12. The molecule has 0 radical (unpaired) electrons. The first-order valence-electron chi connectivity index (χ1n) is 6.78. The Morgan fingerprint density at radius 1 is 1.24 bits per heavy atom. The molecule has 2 aromatic carbocycles. The Bertz CT molecular complexity index is 633. The SMILES string of the molecule is Cc1ccc(C(C)N)c(OCc2ccc(C(=O)O)cc2)c1. The van der Waals surface area contributed by atoms with Crippen LogP contribution in [0.1, 0.15) is 40.0 Å². The van der Waals surface area contributed by atoms with Crippen molar-refractivity contribution in [2.24, 2.45) is 5.73 Å². The van der Waals surface area contributed by atoms with Crippen molar-refractivity contribution in [3.8, 4) is 5.75 Å². The molecule has 2 aromatic rings. The average Bonchev–Trinajstić information content (AvgIpc) is 2.45. The van der Waals surface area contributed by atoms with E-state index in [1.54, 1.807) is 24.3 Å². The molecule has 0 aliphatic carbocycles. The van der Waals surface area contributed by atoms with E-state index >= 15 is 0 Å². The fourth-order valence-electron chi connectivity index (χ4n) is 2.05. The van der Waals surface area contributed by atoms with Crippen molar-refractivity contribution in [3.63, 3.8) is 0 Å². The van der Waals surface area contributed by atoms with E-state index in [1.165, 1.54) is 0 Å². The van der Waals surface area contributed by atoms with Gasteiger partial charge in [-0.25, -0.2) is 4.79 Å². The summed E-state index contributed by atoms with van der Waals surface area (Å²) in [6, 6.07) is 12.5. The van der Waals surface area contributed by atoms with Gasteiger partial charge in [-0.05, 0) is 43.2 Å². The summed E-state index contributed by atoms with van der Waals surface area (Å²) in [7, 11) is 0. The number of rotatable bonds is 5. The van der Waals surface area contributed by atoms with Crippen LogP contribution in [0.5, 0.6) is 5.75 Å². The Balaban J connectivity index is 2.12. The molecule has 0 heterocycles. The molecule has 21 heavy (non-hydrogen) atoms. The lowest BCUT2D eigenvalue weighted by Gasteiger charge is -2.15. The molecule has 0 spiro atoms. The Kier molecular flexibility index (Phi) is 4.60. The van der Waals surface area contributed by atoms with Crippen LogP contribution in [-0.4, -0.2) is 11.1 Å². The van der Waals surface area contributed by atoms with Gasteiger partial charge < -0.3 is 15.6 Å². The number of nitrogens with two attached hydrogens (primary N) is 1. The molecule has 2 rings (SSSR count). The van der Waals surface area contributed by atoms with Crippen LogP contribution in [0.4, 0.5) is 0 Å². The van der Waals surface area contributed by atoms with Crippen LogP contribution in [0.15, 0.2) is 42.5 Å². The first-order chi connectivity index (χ1) is 9.97. The van der Waals surface area contributed by atoms with Gasteiger partial charge in [-0.3, -0.25) is 0 Å². The van der Waals surface area contributed by atoms with Crippen molar-refractivity contribution in [1.82, 2.24) is 0 Å². The number of ether oxygens (including phenoxy) is 1. The van der Waals surface area contributed by atoms with E-state index in [9.17, 15) is 4.79 Å². The van der Waals surface area contributed by atoms with E-state index in [0.29, 0.717) is 6.61 Å². The second-order valence-electron chi connectivity index (χ2n) is 5.12. The minimum Gasteiger partial charge on any atom is -0.489 e. The first kappa shape index (κ1) is 15.1. The molecule has 0 aliphatic heterocycles. The van der Waals surface area contributed by atoms with Crippen LogP contribution >= 0.6 is 0 Å². The van der Waals surface area contributed by atoms with Crippen molar-refractivity contribution < 1.29 is 14.6 Å². The molecular formula is C17H19NO3. The Hall–Kier alpha value is -2.33. The maximum absolute atomic E-state index is 10.8. The highest BCUT2D eigenvalue weighted by molar-refractivity contribution is 5.87. The summed E-state index contributed by atoms with van der Waals surface area (Å²) in [6.45, 7) is 4.29. The number of aryl methyl sites for hydroxylation is 1. The van der Waals surface area contributed by atoms with Gasteiger partial charge in [0.2, 0.25) is 0 Å². The van der Waals surface area contributed by atoms with Crippen LogP contribution in [0.25, 0.3) is 0 Å². The number of aromatic carboxylic acids is 1. The van der Waals surface area contributed by atoms with Crippen molar-refractivity contribution in [3.05, 3.63) is 64.7 Å². The fourth-order valence-corrected chi connectivity index (χ4v) is 2.05. The number of carbonyl (C=O) groups is 1. The summed E-state index contributed by atoms with van der Waals surface area (Å²) in [5.41, 5.74) is 9.19. The van der Waals surface area contributed by atoms with E-state index in [0.717, 1.165) is 22.4 Å². The molecule has 1 atom stereocenters. The van der Waals surface area contributed by atoms with Gasteiger partial charge >= 0.3 is 5.97 Å². The quantitative estimate of drug-likeness (QED) is 0.884. The molecule has 0 aliphatic rings. The third kappa shape index (κ3) is 3.83. The maximum atomic E-state index is 10.8. The van der Waals surface area contributed by atoms with Crippen LogP contribution in [0, 0.1) is 6.92 Å². The topological polar surface area (TPSA) is 72.5 Å². The molecule has 0 aromatic heterocycles. The molecule has 0 fully saturated rings. The zero-order chi connectivity index (χ0) is 15.4. The third-order valence-electron chi connectivity index (χ3n) is 3.25. The summed E-state index contributed by atoms with van der Waals surface area (Å²) in [5, 5.41) is 8.87. The van der Waals surface area contributed by atoms with Gasteiger partial charge in [0.25, 0.3) is 0 Å². The highest BCUT2D eigenvalue weighted by atomic mass is 16.5. The smallest absolute Gasteiger partial charge is 0.335 e. The zero-order valence-corrected chi connectivity index (χ0v) is 12.2. The lowest BCUT2D eigenvalue weighted by atomic mass is 10.1. The standard InChI is InChI=1S/C17H19NO3/c1-11-3-8-15(12(2)18)16(9-11)21-10-13-4-6-14(7-5-13)17(19)20/h3-9,12H,10,18H2,1-2H3,(H,19,20). The van der Waals surface area contributed by atoms with Crippen LogP contribution < -0.4 is 10.5 Å². The van der Waals surface area contributed by atoms with Gasteiger partial charge in [-0.2, -0.15) is 0 Å². The number of carboxylic acids is 1. The van der Waals surface area contributed by atoms with Crippen molar-refractivity contribution in [1.29, 1.82) is 0 Å². The van der Waals surface area contributed by atoms with E-state index < -0.39 is 5.97 Å². The Labute approximate surface area is 124 Å². The van der Waals surface area contributed by atoms with Crippen LogP contribution in [-0.2, 0) is 6.61 Å². The molecule has 110 valence electrons. The van der Waals surface area contributed by atoms with Crippen LogP contribution in [0.3, 0.4) is 0 Å². The second kappa shape index (κ2) is 6.41. The molecule has 0 saturated heterocycles. The van der Waals surface area contributed by atoms with Crippen molar-refractivity contribution in [2.75, 3.05) is 0 Å². The van der Waals surface area contributed by atoms with E-state index in [-0.39, 0.29) is 11.6 Å². The van der Waals surface area contributed by atoms with E-state index in [2.05, 4.69) is 0 Å². The molecule has 4 heteroatoms. The summed E-state index contributed by atoms with van der Waals surface area (Å²) < 4.78 is 5.84. The maximum Gasteiger partial charge on any atom is 0.335 e. The van der Waals surface area contributed by atoms with E-state index in [1.807, 2.05) is 32.0 Å². The van der Waals surface area contributed by atoms with Gasteiger partial charge in [0.15, 0.2) is 0 Å². The first-order valence-corrected chi connectivity index (χ1v) is 6.78. The molecular weight excluding hydrogens is 266 g/mol. The van der Waals surface area contributed by atoms with Gasteiger partial charge in [0, 0.05) is 11.6 Å². The molecule has 1 unspecified atom stereocenters. The Morgan fingerprint density at radius 3 is 2.48 bits per heavy atom. The molecule has 0 bridgehead atoms.